The van der Waals surface area contributed by atoms with Gasteiger partial charge in [0.15, 0.2) is 12.4 Å². The number of benzene rings is 1. The number of rotatable bonds is 8. The molecule has 0 saturated heterocycles. The summed E-state index contributed by atoms with van der Waals surface area (Å²) in [6, 6.07) is 5.91. The van der Waals surface area contributed by atoms with E-state index in [4.69, 9.17) is 4.74 Å². The second kappa shape index (κ2) is 9.98. The number of hydrogen-bond acceptors (Lipinski definition) is 6. The van der Waals surface area contributed by atoms with Crippen molar-refractivity contribution in [2.75, 3.05) is 20.3 Å². The van der Waals surface area contributed by atoms with Gasteiger partial charge >= 0.3 is 12.0 Å². The molecule has 0 fully saturated rings. The van der Waals surface area contributed by atoms with Crippen molar-refractivity contribution in [3.63, 3.8) is 0 Å². The third kappa shape index (κ3) is 6.91. The average Bonchev–Trinajstić information content (AvgIpc) is 2.58. The summed E-state index contributed by atoms with van der Waals surface area (Å²) in [6.07, 6.45) is -0.191. The Morgan fingerprint density at radius 2 is 1.71 bits per heavy atom. The van der Waals surface area contributed by atoms with Crippen LogP contribution in [0.15, 0.2) is 24.3 Å². The molecular weight excluding hydrogens is 316 g/mol. The van der Waals surface area contributed by atoms with Crippen LogP contribution in [0.4, 0.5) is 4.79 Å². The fraction of sp³-hybridized carbons (Fsp3) is 0.375. The minimum atomic E-state index is -0.750. The highest BCUT2D eigenvalue weighted by Gasteiger charge is 2.13. The van der Waals surface area contributed by atoms with Gasteiger partial charge < -0.3 is 14.8 Å². The zero-order chi connectivity index (χ0) is 17.9. The summed E-state index contributed by atoms with van der Waals surface area (Å²) in [4.78, 5) is 45.6. The van der Waals surface area contributed by atoms with E-state index in [0.29, 0.717) is 17.9 Å². The second-order valence-corrected chi connectivity index (χ2v) is 4.67. The molecule has 0 heterocycles. The van der Waals surface area contributed by atoms with Crippen LogP contribution in [0.2, 0.25) is 0 Å². The Morgan fingerprint density at radius 3 is 2.29 bits per heavy atom. The van der Waals surface area contributed by atoms with Crippen molar-refractivity contribution in [3.8, 4) is 5.75 Å². The summed E-state index contributed by atoms with van der Waals surface area (Å²) >= 11 is 0. The maximum atomic E-state index is 12.0. The SMILES string of the molecule is CCOc1ccc(C(=O)CCC(=O)OCC(=O)NC(=O)NC)cc1. The maximum Gasteiger partial charge on any atom is 0.321 e. The van der Waals surface area contributed by atoms with Crippen LogP contribution < -0.4 is 15.4 Å². The van der Waals surface area contributed by atoms with Gasteiger partial charge in [-0.15, -0.1) is 0 Å². The molecule has 8 nitrogen and oxygen atoms in total. The minimum Gasteiger partial charge on any atom is -0.494 e. The van der Waals surface area contributed by atoms with Gasteiger partial charge in [0.05, 0.1) is 13.0 Å². The quantitative estimate of drug-likeness (QED) is 0.542. The average molecular weight is 336 g/mol. The molecule has 0 aliphatic heterocycles. The molecule has 2 N–H and O–H groups in total. The van der Waals surface area contributed by atoms with Crippen LogP contribution in [0.1, 0.15) is 30.1 Å². The molecule has 24 heavy (non-hydrogen) atoms. The van der Waals surface area contributed by atoms with Crippen molar-refractivity contribution < 1.29 is 28.7 Å². The van der Waals surface area contributed by atoms with Crippen molar-refractivity contribution in [1.29, 1.82) is 0 Å². The van der Waals surface area contributed by atoms with Crippen LogP contribution in [0.25, 0.3) is 0 Å². The Balaban J connectivity index is 2.34. The van der Waals surface area contributed by atoms with Crippen LogP contribution in [-0.4, -0.2) is 44.0 Å². The van der Waals surface area contributed by atoms with Crippen LogP contribution in [0, 0.1) is 0 Å². The zero-order valence-electron chi connectivity index (χ0n) is 13.6. The van der Waals surface area contributed by atoms with E-state index in [9.17, 15) is 19.2 Å². The fourth-order valence-corrected chi connectivity index (χ4v) is 1.71. The van der Waals surface area contributed by atoms with E-state index in [1.165, 1.54) is 7.05 Å². The van der Waals surface area contributed by atoms with Crippen LogP contribution in [0.5, 0.6) is 5.75 Å². The van der Waals surface area contributed by atoms with Gasteiger partial charge in [-0.05, 0) is 31.2 Å². The molecule has 0 aliphatic rings. The van der Waals surface area contributed by atoms with Gasteiger partial charge in [-0.25, -0.2) is 4.79 Å². The number of amides is 3. The summed E-state index contributed by atoms with van der Waals surface area (Å²) < 4.78 is 9.96. The van der Waals surface area contributed by atoms with Gasteiger partial charge in [-0.3, -0.25) is 19.7 Å². The van der Waals surface area contributed by atoms with E-state index in [1.807, 2.05) is 12.2 Å². The fourth-order valence-electron chi connectivity index (χ4n) is 1.71. The van der Waals surface area contributed by atoms with Crippen molar-refractivity contribution in [2.24, 2.45) is 0 Å². The molecule has 0 atom stereocenters. The molecule has 0 aliphatic carbocycles. The largest absolute Gasteiger partial charge is 0.494 e. The Hall–Kier alpha value is -2.90. The van der Waals surface area contributed by atoms with Crippen molar-refractivity contribution in [1.82, 2.24) is 10.6 Å². The van der Waals surface area contributed by atoms with Crippen molar-refractivity contribution >= 4 is 23.7 Å². The Bertz CT molecular complexity index is 597. The number of carbonyl (C=O) groups excluding carboxylic acids is 4. The number of urea groups is 1. The summed E-state index contributed by atoms with van der Waals surface area (Å²) in [7, 11) is 1.35. The van der Waals surface area contributed by atoms with E-state index in [0.717, 1.165) is 0 Å². The molecule has 0 spiro atoms. The Labute approximate surface area is 139 Å². The first-order chi connectivity index (χ1) is 11.5. The lowest BCUT2D eigenvalue weighted by molar-refractivity contribution is -0.148. The first-order valence-corrected chi connectivity index (χ1v) is 7.39. The molecule has 0 radical (unpaired) electrons. The van der Waals surface area contributed by atoms with Crippen LogP contribution in [-0.2, 0) is 14.3 Å². The molecule has 0 unspecified atom stereocenters. The van der Waals surface area contributed by atoms with Gasteiger partial charge in [-0.1, -0.05) is 0 Å². The van der Waals surface area contributed by atoms with Gasteiger partial charge in [-0.2, -0.15) is 0 Å². The number of hydrogen-bond donors (Lipinski definition) is 2. The smallest absolute Gasteiger partial charge is 0.321 e. The normalized spacial score (nSPS) is 9.75. The van der Waals surface area contributed by atoms with Gasteiger partial charge in [0.25, 0.3) is 5.91 Å². The highest BCUT2D eigenvalue weighted by atomic mass is 16.5. The highest BCUT2D eigenvalue weighted by Crippen LogP contribution is 2.14. The number of esters is 1. The Morgan fingerprint density at radius 1 is 1.04 bits per heavy atom. The molecular formula is C16H20N2O6. The van der Waals surface area contributed by atoms with Crippen LogP contribution >= 0.6 is 0 Å². The molecule has 8 heteroatoms. The molecule has 0 saturated carbocycles. The molecule has 3 amide bonds. The molecule has 0 bridgehead atoms. The third-order valence-corrected chi connectivity index (χ3v) is 2.89. The zero-order valence-corrected chi connectivity index (χ0v) is 13.6. The van der Waals surface area contributed by atoms with E-state index < -0.39 is 24.5 Å². The van der Waals surface area contributed by atoms with E-state index in [1.54, 1.807) is 24.3 Å². The van der Waals surface area contributed by atoms with Gasteiger partial charge in [0.2, 0.25) is 0 Å². The molecule has 1 rings (SSSR count). The lowest BCUT2D eigenvalue weighted by Crippen LogP contribution is -2.39. The predicted octanol–water partition coefficient (Wildman–Crippen LogP) is 1.05. The summed E-state index contributed by atoms with van der Waals surface area (Å²) in [5.41, 5.74) is 0.462. The number of nitrogens with one attached hydrogen (secondary N) is 2. The summed E-state index contributed by atoms with van der Waals surface area (Å²) in [5, 5.41) is 4.13. The minimum absolute atomic E-state index is 0.0378. The second-order valence-electron chi connectivity index (χ2n) is 4.67. The molecule has 0 aromatic heterocycles. The first-order valence-electron chi connectivity index (χ1n) is 7.39. The van der Waals surface area contributed by atoms with Crippen molar-refractivity contribution in [3.05, 3.63) is 29.8 Å². The molecule has 1 aromatic rings. The molecule has 130 valence electrons. The number of Topliss-reactive ketones (excluding diaryl/α,β-unsaturated/α-hetero) is 1. The highest BCUT2D eigenvalue weighted by molar-refractivity contribution is 5.98. The lowest BCUT2D eigenvalue weighted by atomic mass is 10.1. The summed E-state index contributed by atoms with van der Waals surface area (Å²) in [6.45, 7) is 1.82. The van der Waals surface area contributed by atoms with Gasteiger partial charge in [0, 0.05) is 19.0 Å². The molecule has 1 aromatic carbocycles. The Kier molecular flexibility index (Phi) is 7.97. The summed E-state index contributed by atoms with van der Waals surface area (Å²) in [5.74, 6) is -0.998. The maximum absolute atomic E-state index is 12.0. The first kappa shape index (κ1) is 19.1. The monoisotopic (exact) mass is 336 g/mol. The van der Waals surface area contributed by atoms with Gasteiger partial charge in [0.1, 0.15) is 5.75 Å². The van der Waals surface area contributed by atoms with Crippen LogP contribution in [0.3, 0.4) is 0 Å². The van der Waals surface area contributed by atoms with E-state index >= 15 is 0 Å². The predicted molar refractivity (Wildman–Crippen MR) is 84.7 cm³/mol. The topological polar surface area (TPSA) is 111 Å². The van der Waals surface area contributed by atoms with Crippen molar-refractivity contribution in [2.45, 2.75) is 19.8 Å². The van der Waals surface area contributed by atoms with E-state index in [2.05, 4.69) is 10.1 Å². The number of carbonyl (C=O) groups is 4. The number of ketones is 1. The van der Waals surface area contributed by atoms with E-state index in [-0.39, 0.29) is 18.6 Å². The number of imide groups is 1. The number of ether oxygens (including phenoxy) is 2. The lowest BCUT2D eigenvalue weighted by Gasteiger charge is -2.06. The third-order valence-electron chi connectivity index (χ3n) is 2.89. The standard InChI is InChI=1S/C16H20N2O6/c1-3-23-12-6-4-11(5-7-12)13(19)8-9-15(21)24-10-14(20)18-16(22)17-2/h4-7H,3,8-10H2,1-2H3,(H2,17,18,20,22).